The summed E-state index contributed by atoms with van der Waals surface area (Å²) in [7, 11) is 0. The maximum atomic E-state index is 11.6. The van der Waals surface area contributed by atoms with Gasteiger partial charge in [-0.1, -0.05) is 30.3 Å². The lowest BCUT2D eigenvalue weighted by atomic mass is 10.2. The largest absolute Gasteiger partial charge is 0.461 e. The molecule has 1 rings (SSSR count). The van der Waals surface area contributed by atoms with Gasteiger partial charge in [-0.05, 0) is 5.56 Å². The molecule has 144 valence electrons. The number of hydrogen-bond acceptors (Lipinski definition) is 7. The zero-order chi connectivity index (χ0) is 18.7. The monoisotopic (exact) mass is 387 g/mol. The quantitative estimate of drug-likeness (QED) is 0.510. The Morgan fingerprint density at radius 1 is 1.04 bits per heavy atom. The minimum Gasteiger partial charge on any atom is -0.461 e. The van der Waals surface area contributed by atoms with Crippen LogP contribution in [0.2, 0.25) is 0 Å². The van der Waals surface area contributed by atoms with Crippen molar-refractivity contribution in [1.29, 1.82) is 0 Å². The fourth-order valence-corrected chi connectivity index (χ4v) is 1.76. The van der Waals surface area contributed by atoms with Gasteiger partial charge >= 0.3 is 18.0 Å². The second-order valence-corrected chi connectivity index (χ2v) is 5.12. The maximum Gasteiger partial charge on any atom is 0.410 e. The van der Waals surface area contributed by atoms with Crippen LogP contribution in [0.25, 0.3) is 0 Å². The fraction of sp³-hybridized carbons (Fsp3) is 0.412. The third kappa shape index (κ3) is 11.0. The number of hydrogen-bond donors (Lipinski definition) is 1. The smallest absolute Gasteiger partial charge is 0.410 e. The van der Waals surface area contributed by atoms with E-state index in [9.17, 15) is 19.2 Å². The molecule has 1 amide bonds. The Morgan fingerprint density at radius 3 is 2.31 bits per heavy atom. The number of nitrogens with one attached hydrogen (secondary N) is 1. The molecule has 0 aliphatic heterocycles. The van der Waals surface area contributed by atoms with Crippen molar-refractivity contribution in [3.8, 4) is 0 Å². The van der Waals surface area contributed by atoms with Crippen molar-refractivity contribution in [2.75, 3.05) is 6.54 Å². The van der Waals surface area contributed by atoms with E-state index in [0.717, 1.165) is 5.56 Å². The molecule has 1 atom stereocenters. The first-order valence-electron chi connectivity index (χ1n) is 7.69. The molecule has 0 fully saturated rings. The van der Waals surface area contributed by atoms with Gasteiger partial charge in [0.1, 0.15) is 6.61 Å². The van der Waals surface area contributed by atoms with Gasteiger partial charge < -0.3 is 19.5 Å². The van der Waals surface area contributed by atoms with Crippen LogP contribution >= 0.6 is 12.4 Å². The van der Waals surface area contributed by atoms with Crippen molar-refractivity contribution in [1.82, 2.24) is 5.32 Å². The first-order chi connectivity index (χ1) is 11.9. The minimum absolute atomic E-state index is 0. The van der Waals surface area contributed by atoms with Crippen molar-refractivity contribution < 1.29 is 33.4 Å². The van der Waals surface area contributed by atoms with Gasteiger partial charge in [0.2, 0.25) is 6.29 Å². The molecule has 0 aliphatic rings. The van der Waals surface area contributed by atoms with Crippen molar-refractivity contribution in [3.05, 3.63) is 35.9 Å². The lowest BCUT2D eigenvalue weighted by molar-refractivity contribution is -0.162. The van der Waals surface area contributed by atoms with Crippen molar-refractivity contribution in [2.45, 2.75) is 39.6 Å². The van der Waals surface area contributed by atoms with Crippen LogP contribution in [0.15, 0.2) is 30.3 Å². The number of rotatable bonds is 9. The molecule has 0 aromatic heterocycles. The summed E-state index contributed by atoms with van der Waals surface area (Å²) in [5.41, 5.74) is 0.855. The Labute approximate surface area is 157 Å². The highest BCUT2D eigenvalue weighted by molar-refractivity contribution is 5.86. The van der Waals surface area contributed by atoms with Gasteiger partial charge in [0.25, 0.3) is 0 Å². The van der Waals surface area contributed by atoms with E-state index in [1.165, 1.54) is 13.8 Å². The van der Waals surface area contributed by atoms with E-state index >= 15 is 0 Å². The van der Waals surface area contributed by atoms with E-state index < -0.39 is 24.3 Å². The normalized spacial score (nSPS) is 10.7. The summed E-state index contributed by atoms with van der Waals surface area (Å²) >= 11 is 0. The van der Waals surface area contributed by atoms with Gasteiger partial charge in [0, 0.05) is 20.3 Å². The second kappa shape index (κ2) is 12.7. The molecule has 0 bridgehead atoms. The van der Waals surface area contributed by atoms with E-state index in [0.29, 0.717) is 0 Å². The van der Waals surface area contributed by atoms with E-state index in [-0.39, 0.29) is 44.2 Å². The molecule has 0 heterocycles. The van der Waals surface area contributed by atoms with Gasteiger partial charge in [-0.25, -0.2) is 4.79 Å². The second-order valence-electron chi connectivity index (χ2n) is 5.12. The predicted octanol–water partition coefficient (Wildman–Crippen LogP) is 2.14. The molecule has 0 aliphatic carbocycles. The Kier molecular flexibility index (Phi) is 11.4. The molecule has 1 N–H and O–H groups in total. The highest BCUT2D eigenvalue weighted by atomic mass is 35.5. The number of carbonyl (C=O) groups is 4. The Balaban J connectivity index is 0.00000625. The molecule has 1 aromatic rings. The van der Waals surface area contributed by atoms with Gasteiger partial charge in [-0.15, -0.1) is 12.4 Å². The summed E-state index contributed by atoms with van der Waals surface area (Å²) < 4.78 is 14.3. The van der Waals surface area contributed by atoms with E-state index in [1.54, 1.807) is 0 Å². The number of alkyl carbamates (subject to hydrolysis) is 1. The number of ether oxygens (including phenoxy) is 3. The molecule has 0 radical (unpaired) electrons. The summed E-state index contributed by atoms with van der Waals surface area (Å²) in [4.78, 5) is 45.2. The van der Waals surface area contributed by atoms with Crippen LogP contribution in [0.3, 0.4) is 0 Å². The van der Waals surface area contributed by atoms with E-state index in [1.807, 2.05) is 30.3 Å². The minimum atomic E-state index is -1.06. The number of amides is 1. The van der Waals surface area contributed by atoms with Crippen LogP contribution in [0.4, 0.5) is 4.79 Å². The third-order valence-electron chi connectivity index (χ3n) is 2.89. The van der Waals surface area contributed by atoms with Crippen LogP contribution in [-0.4, -0.2) is 36.6 Å². The predicted molar refractivity (Wildman–Crippen MR) is 93.4 cm³/mol. The molecule has 0 saturated carbocycles. The van der Waals surface area contributed by atoms with Crippen molar-refractivity contribution in [3.63, 3.8) is 0 Å². The zero-order valence-corrected chi connectivity index (χ0v) is 15.4. The molecular formula is C17H22ClNO7. The van der Waals surface area contributed by atoms with E-state index in [2.05, 4.69) is 14.8 Å². The molecular weight excluding hydrogens is 366 g/mol. The Hall–Kier alpha value is -2.61. The SMILES string of the molecule is CC(=O)OC(C)OC(=O)NCC(=O)CCC(=O)OCc1ccccc1.Cl. The molecule has 26 heavy (non-hydrogen) atoms. The summed E-state index contributed by atoms with van der Waals surface area (Å²) in [5.74, 6) is -1.44. The molecule has 1 aromatic carbocycles. The first kappa shape index (κ1) is 23.4. The summed E-state index contributed by atoms with van der Waals surface area (Å²) in [5, 5.41) is 2.21. The standard InChI is InChI=1S/C17H21NO7.ClH/c1-12(19)24-13(2)25-17(22)18-10-15(20)8-9-16(21)23-11-14-6-4-3-5-7-14;/h3-7,13H,8-11H2,1-2H3,(H,18,22);1H. The lowest BCUT2D eigenvalue weighted by Crippen LogP contribution is -2.33. The Morgan fingerprint density at radius 2 is 1.69 bits per heavy atom. The molecule has 9 heteroatoms. The first-order valence-corrected chi connectivity index (χ1v) is 7.69. The number of ketones is 1. The fourth-order valence-electron chi connectivity index (χ4n) is 1.76. The number of Topliss-reactive ketones (excluding diaryl/α,β-unsaturated/α-hetero) is 1. The number of benzene rings is 1. The lowest BCUT2D eigenvalue weighted by Gasteiger charge is -2.13. The summed E-state index contributed by atoms with van der Waals surface area (Å²) in [6, 6.07) is 9.17. The molecule has 8 nitrogen and oxygen atoms in total. The van der Waals surface area contributed by atoms with Crippen LogP contribution in [-0.2, 0) is 35.2 Å². The summed E-state index contributed by atoms with van der Waals surface area (Å²) in [6.07, 6.45) is -2.09. The van der Waals surface area contributed by atoms with Gasteiger partial charge in [0.05, 0.1) is 13.0 Å². The van der Waals surface area contributed by atoms with Crippen LogP contribution < -0.4 is 5.32 Å². The van der Waals surface area contributed by atoms with Gasteiger partial charge in [-0.3, -0.25) is 14.4 Å². The topological polar surface area (TPSA) is 108 Å². The van der Waals surface area contributed by atoms with Crippen LogP contribution in [0.1, 0.15) is 32.3 Å². The molecule has 0 spiro atoms. The average molecular weight is 388 g/mol. The zero-order valence-electron chi connectivity index (χ0n) is 14.6. The van der Waals surface area contributed by atoms with Crippen molar-refractivity contribution in [2.24, 2.45) is 0 Å². The van der Waals surface area contributed by atoms with E-state index in [4.69, 9.17) is 4.74 Å². The number of esters is 2. The highest BCUT2D eigenvalue weighted by Gasteiger charge is 2.13. The molecule has 0 saturated heterocycles. The average Bonchev–Trinajstić information content (AvgIpc) is 2.56. The summed E-state index contributed by atoms with van der Waals surface area (Å²) in [6.45, 7) is 2.40. The van der Waals surface area contributed by atoms with Gasteiger partial charge in [0.15, 0.2) is 5.78 Å². The maximum absolute atomic E-state index is 11.6. The highest BCUT2D eigenvalue weighted by Crippen LogP contribution is 2.03. The van der Waals surface area contributed by atoms with Crippen LogP contribution in [0, 0.1) is 0 Å². The van der Waals surface area contributed by atoms with Crippen molar-refractivity contribution >= 4 is 36.2 Å². The van der Waals surface area contributed by atoms with Crippen LogP contribution in [0.5, 0.6) is 0 Å². The molecule has 1 unspecified atom stereocenters. The Bertz CT molecular complexity index is 606. The number of halogens is 1. The third-order valence-corrected chi connectivity index (χ3v) is 2.89. The number of carbonyl (C=O) groups excluding carboxylic acids is 4. The van der Waals surface area contributed by atoms with Gasteiger partial charge in [-0.2, -0.15) is 0 Å².